The third kappa shape index (κ3) is 6.55. The molecule has 0 saturated heterocycles. The summed E-state index contributed by atoms with van der Waals surface area (Å²) in [6, 6.07) is 14.9. The molecule has 0 bridgehead atoms. The fourth-order valence-corrected chi connectivity index (χ4v) is 2.73. The summed E-state index contributed by atoms with van der Waals surface area (Å²) in [7, 11) is 0. The van der Waals surface area contributed by atoms with Crippen molar-refractivity contribution in [3.8, 4) is 0 Å². The first-order chi connectivity index (χ1) is 12.1. The lowest BCUT2D eigenvalue weighted by atomic mass is 10.0. The summed E-state index contributed by atoms with van der Waals surface area (Å²) < 4.78 is 13.1. The van der Waals surface area contributed by atoms with Crippen molar-refractivity contribution >= 4 is 11.6 Å². The number of unbranched alkanes of at least 4 members (excludes halogenated alkanes) is 1. The monoisotopic (exact) mass is 343 g/mol. The van der Waals surface area contributed by atoms with Crippen molar-refractivity contribution < 1.29 is 9.18 Å². The number of halogens is 1. The Labute approximate surface area is 148 Å². The van der Waals surface area contributed by atoms with Crippen LogP contribution in [0.2, 0.25) is 0 Å². The van der Waals surface area contributed by atoms with Gasteiger partial charge in [-0.05, 0) is 61.1 Å². The van der Waals surface area contributed by atoms with E-state index in [0.717, 1.165) is 42.6 Å². The first-order valence-electron chi connectivity index (χ1n) is 8.66. The summed E-state index contributed by atoms with van der Waals surface area (Å²) in [5.74, 6) is 4.68. The lowest BCUT2D eigenvalue weighted by Crippen LogP contribution is -2.35. The molecule has 1 amide bonds. The summed E-state index contributed by atoms with van der Waals surface area (Å²) in [6.45, 7) is 2.73. The smallest absolute Gasteiger partial charge is 0.237 e. The minimum atomic E-state index is -0.172. The van der Waals surface area contributed by atoms with E-state index in [1.807, 2.05) is 37.3 Å². The molecule has 5 heteroatoms. The predicted molar refractivity (Wildman–Crippen MR) is 99.5 cm³/mol. The maximum absolute atomic E-state index is 13.1. The molecule has 2 aromatic carbocycles. The van der Waals surface area contributed by atoms with Gasteiger partial charge in [0.25, 0.3) is 0 Å². The maximum atomic E-state index is 13.1. The van der Waals surface area contributed by atoms with Gasteiger partial charge in [-0.3, -0.25) is 10.2 Å². The molecule has 0 aliphatic rings. The molecule has 4 nitrogen and oxygen atoms in total. The molecule has 2 rings (SSSR count). The normalized spacial score (nSPS) is 11.8. The predicted octanol–water partition coefficient (Wildman–Crippen LogP) is 3.43. The molecule has 4 N–H and O–H groups in total. The zero-order chi connectivity index (χ0) is 18.1. The lowest BCUT2D eigenvalue weighted by molar-refractivity contribution is -0.124. The number of benzene rings is 2. The molecular formula is C20H26FN3O. The second-order valence-corrected chi connectivity index (χ2v) is 6.32. The van der Waals surface area contributed by atoms with Crippen molar-refractivity contribution in [2.45, 2.75) is 32.6 Å². The van der Waals surface area contributed by atoms with Gasteiger partial charge in [-0.1, -0.05) is 31.2 Å². The Morgan fingerprint density at radius 3 is 2.56 bits per heavy atom. The number of amides is 1. The number of nitrogens with one attached hydrogen (secondary N) is 2. The zero-order valence-electron chi connectivity index (χ0n) is 14.6. The zero-order valence-corrected chi connectivity index (χ0v) is 14.6. The Morgan fingerprint density at radius 1 is 1.12 bits per heavy atom. The van der Waals surface area contributed by atoms with Gasteiger partial charge in [-0.25, -0.2) is 10.2 Å². The second kappa shape index (κ2) is 9.79. The molecule has 0 heterocycles. The van der Waals surface area contributed by atoms with Gasteiger partial charge in [-0.2, -0.15) is 0 Å². The lowest BCUT2D eigenvalue weighted by Gasteiger charge is -2.11. The van der Waals surface area contributed by atoms with E-state index in [4.69, 9.17) is 5.84 Å². The molecule has 0 spiro atoms. The van der Waals surface area contributed by atoms with E-state index in [1.54, 1.807) is 12.1 Å². The fourth-order valence-electron chi connectivity index (χ4n) is 2.73. The second-order valence-electron chi connectivity index (χ2n) is 6.32. The molecule has 0 saturated carbocycles. The largest absolute Gasteiger partial charge is 0.385 e. The van der Waals surface area contributed by atoms with Crippen molar-refractivity contribution in [3.63, 3.8) is 0 Å². The van der Waals surface area contributed by atoms with E-state index in [-0.39, 0.29) is 17.6 Å². The molecule has 0 aliphatic heterocycles. The van der Waals surface area contributed by atoms with Crippen LogP contribution in [0.4, 0.5) is 10.1 Å². The van der Waals surface area contributed by atoms with Crippen LogP contribution in [0.1, 0.15) is 30.9 Å². The summed E-state index contributed by atoms with van der Waals surface area (Å²) in [5, 5.41) is 3.38. The highest BCUT2D eigenvalue weighted by atomic mass is 19.1. The van der Waals surface area contributed by atoms with Gasteiger partial charge in [0, 0.05) is 18.2 Å². The van der Waals surface area contributed by atoms with Crippen LogP contribution in [0.25, 0.3) is 0 Å². The van der Waals surface area contributed by atoms with E-state index in [2.05, 4.69) is 10.7 Å². The Kier molecular flexibility index (Phi) is 7.41. The van der Waals surface area contributed by atoms with Gasteiger partial charge in [0.05, 0.1) is 0 Å². The highest BCUT2D eigenvalue weighted by Crippen LogP contribution is 2.14. The Morgan fingerprint density at radius 2 is 1.88 bits per heavy atom. The third-order valence-electron chi connectivity index (χ3n) is 4.20. The standard InChI is InChI=1S/C20H26FN3O/c1-15(20(25)24-22)13-17-8-10-19(11-9-17)23-12-3-2-5-16-6-4-7-18(21)14-16/h4,6-11,14-15,23H,2-3,5,12-13,22H2,1H3,(H,24,25). The number of nitrogens with two attached hydrogens (primary N) is 1. The molecule has 0 fully saturated rings. The number of hydrazine groups is 1. The number of carbonyl (C=O) groups excluding carboxylic acids is 1. The molecule has 0 radical (unpaired) electrons. The molecule has 2 aromatic rings. The number of hydrogen-bond donors (Lipinski definition) is 3. The van der Waals surface area contributed by atoms with Crippen LogP contribution in [0.3, 0.4) is 0 Å². The van der Waals surface area contributed by atoms with Crippen molar-refractivity contribution in [2.24, 2.45) is 11.8 Å². The van der Waals surface area contributed by atoms with Crippen molar-refractivity contribution in [1.82, 2.24) is 5.43 Å². The Hall–Kier alpha value is -2.40. The van der Waals surface area contributed by atoms with Crippen LogP contribution >= 0.6 is 0 Å². The van der Waals surface area contributed by atoms with Gasteiger partial charge in [-0.15, -0.1) is 0 Å². The summed E-state index contributed by atoms with van der Waals surface area (Å²) in [4.78, 5) is 11.4. The average molecular weight is 343 g/mol. The fraction of sp³-hybridized carbons (Fsp3) is 0.350. The van der Waals surface area contributed by atoms with E-state index >= 15 is 0 Å². The first kappa shape index (κ1) is 18.9. The number of carbonyl (C=O) groups is 1. The number of aryl methyl sites for hydroxylation is 1. The molecule has 1 unspecified atom stereocenters. The maximum Gasteiger partial charge on any atom is 0.237 e. The van der Waals surface area contributed by atoms with Crippen LogP contribution < -0.4 is 16.6 Å². The molecule has 1 atom stereocenters. The van der Waals surface area contributed by atoms with Gasteiger partial charge in [0.2, 0.25) is 5.91 Å². The van der Waals surface area contributed by atoms with E-state index in [1.165, 1.54) is 6.07 Å². The van der Waals surface area contributed by atoms with Crippen LogP contribution in [-0.4, -0.2) is 12.5 Å². The molecule has 0 aromatic heterocycles. The van der Waals surface area contributed by atoms with Gasteiger partial charge in [0.1, 0.15) is 5.82 Å². The van der Waals surface area contributed by atoms with Crippen molar-refractivity contribution in [3.05, 3.63) is 65.5 Å². The minimum absolute atomic E-state index is 0.147. The minimum Gasteiger partial charge on any atom is -0.385 e. The topological polar surface area (TPSA) is 67.2 Å². The number of rotatable bonds is 9. The summed E-state index contributed by atoms with van der Waals surface area (Å²) in [5.41, 5.74) is 5.39. The van der Waals surface area contributed by atoms with Crippen LogP contribution in [0.15, 0.2) is 48.5 Å². The summed E-state index contributed by atoms with van der Waals surface area (Å²) in [6.07, 6.45) is 3.59. The van der Waals surface area contributed by atoms with Crippen LogP contribution in [0, 0.1) is 11.7 Å². The molecule has 25 heavy (non-hydrogen) atoms. The Balaban J connectivity index is 1.68. The quantitative estimate of drug-likeness (QED) is 0.283. The van der Waals surface area contributed by atoms with Crippen LogP contribution in [-0.2, 0) is 17.6 Å². The summed E-state index contributed by atoms with van der Waals surface area (Å²) >= 11 is 0. The van der Waals surface area contributed by atoms with E-state index in [9.17, 15) is 9.18 Å². The third-order valence-corrected chi connectivity index (χ3v) is 4.20. The molecule has 134 valence electrons. The molecule has 0 aliphatic carbocycles. The van der Waals surface area contributed by atoms with Gasteiger partial charge in [0.15, 0.2) is 0 Å². The Bertz CT molecular complexity index is 673. The number of hydrogen-bond acceptors (Lipinski definition) is 3. The number of anilines is 1. The highest BCUT2D eigenvalue weighted by Gasteiger charge is 2.11. The molecular weight excluding hydrogens is 317 g/mol. The highest BCUT2D eigenvalue weighted by molar-refractivity contribution is 5.77. The van der Waals surface area contributed by atoms with Gasteiger partial charge < -0.3 is 5.32 Å². The first-order valence-corrected chi connectivity index (χ1v) is 8.66. The van der Waals surface area contributed by atoms with Crippen molar-refractivity contribution in [2.75, 3.05) is 11.9 Å². The SMILES string of the molecule is CC(Cc1ccc(NCCCCc2cccc(F)c2)cc1)C(=O)NN. The van der Waals surface area contributed by atoms with Crippen molar-refractivity contribution in [1.29, 1.82) is 0 Å². The van der Waals surface area contributed by atoms with E-state index in [0.29, 0.717) is 6.42 Å². The van der Waals surface area contributed by atoms with Crippen LogP contribution in [0.5, 0.6) is 0 Å². The average Bonchev–Trinajstić information content (AvgIpc) is 2.62. The van der Waals surface area contributed by atoms with E-state index < -0.39 is 0 Å². The van der Waals surface area contributed by atoms with Gasteiger partial charge >= 0.3 is 0 Å².